The molecule has 0 spiro atoms. The standard InChI is InChI=1S/C60H44N2/c1-59(2)49-27-15-25-41(37-17-13-19-39(33-37)61-53-29-9-5-21-43(53)44-22-6-10-30-54(44)61)57(49)47-36-52-48(35-51(47)59)58-42(26-16-28-50(58)60(52,3)4)38-18-14-20-40(34-38)62-55-31-11-7-23-45(55)46-24-8-12-32-56(46)62/h5-36H,1-4H3. The van der Waals surface area contributed by atoms with Gasteiger partial charge in [0, 0.05) is 43.7 Å². The van der Waals surface area contributed by atoms with Crippen molar-refractivity contribution >= 4 is 43.6 Å². The van der Waals surface area contributed by atoms with E-state index in [1.165, 1.54) is 122 Å². The molecule has 0 aliphatic heterocycles. The first-order valence-corrected chi connectivity index (χ1v) is 21.9. The second kappa shape index (κ2) is 12.6. The highest BCUT2D eigenvalue weighted by Crippen LogP contribution is 2.59. The molecule has 0 bridgehead atoms. The van der Waals surface area contributed by atoms with Crippen LogP contribution in [0.2, 0.25) is 0 Å². The minimum absolute atomic E-state index is 0.182. The molecule has 2 heterocycles. The molecule has 2 nitrogen and oxygen atoms in total. The smallest absolute Gasteiger partial charge is 0.0541 e. The van der Waals surface area contributed by atoms with Crippen molar-refractivity contribution in [2.75, 3.05) is 0 Å². The molecule has 0 unspecified atom stereocenters. The molecule has 0 N–H and O–H groups in total. The maximum absolute atomic E-state index is 2.57. The maximum Gasteiger partial charge on any atom is 0.0541 e. The van der Waals surface area contributed by atoms with E-state index in [2.05, 4.69) is 231 Å². The molecule has 2 aromatic heterocycles. The van der Waals surface area contributed by atoms with Crippen LogP contribution in [0.1, 0.15) is 49.9 Å². The summed E-state index contributed by atoms with van der Waals surface area (Å²) in [5.41, 5.74) is 23.0. The van der Waals surface area contributed by atoms with Gasteiger partial charge in [-0.1, -0.05) is 161 Å². The highest BCUT2D eigenvalue weighted by Gasteiger charge is 2.43. The fourth-order valence-electron chi connectivity index (χ4n) is 11.6. The Bertz CT molecular complexity index is 3350. The topological polar surface area (TPSA) is 9.86 Å². The molecule has 2 heteroatoms. The third-order valence-corrected chi connectivity index (χ3v) is 14.5. The van der Waals surface area contributed by atoms with E-state index in [1.807, 2.05) is 0 Å². The molecule has 294 valence electrons. The number of fused-ring (bicyclic) bond motifs is 12. The first-order chi connectivity index (χ1) is 30.3. The Labute approximate surface area is 362 Å². The molecule has 0 saturated carbocycles. The number of aromatic nitrogens is 2. The average Bonchev–Trinajstić information content (AvgIpc) is 3.97. The molecule has 9 aromatic carbocycles. The van der Waals surface area contributed by atoms with Gasteiger partial charge in [-0.15, -0.1) is 0 Å². The van der Waals surface area contributed by atoms with Crippen LogP contribution < -0.4 is 0 Å². The first-order valence-electron chi connectivity index (χ1n) is 21.9. The van der Waals surface area contributed by atoms with Gasteiger partial charge in [0.2, 0.25) is 0 Å². The summed E-state index contributed by atoms with van der Waals surface area (Å²) in [6.45, 7) is 9.68. The quantitative estimate of drug-likeness (QED) is 0.168. The summed E-state index contributed by atoms with van der Waals surface area (Å²) in [4.78, 5) is 0. The lowest BCUT2D eigenvalue weighted by Crippen LogP contribution is -2.16. The SMILES string of the molecule is CC1(C)c2cc3c(cc2-c2c(-c4cccc(-n5c6ccccc6c6ccccc65)c4)cccc21)C(C)(C)c1cccc(-c2cccc(-n4c5ccccc5c5ccccc54)c2)c1-3. The molecule has 13 rings (SSSR count). The summed E-state index contributed by atoms with van der Waals surface area (Å²) >= 11 is 0. The third-order valence-electron chi connectivity index (χ3n) is 14.5. The predicted molar refractivity (Wildman–Crippen MR) is 261 cm³/mol. The summed E-state index contributed by atoms with van der Waals surface area (Å²) in [6.07, 6.45) is 0. The van der Waals surface area contributed by atoms with Gasteiger partial charge in [0.1, 0.15) is 0 Å². The fraction of sp³-hybridized carbons (Fsp3) is 0.100. The van der Waals surface area contributed by atoms with E-state index < -0.39 is 0 Å². The number of para-hydroxylation sites is 4. The van der Waals surface area contributed by atoms with Crippen LogP contribution in [0.3, 0.4) is 0 Å². The largest absolute Gasteiger partial charge is 0.309 e. The first kappa shape index (κ1) is 35.3. The highest BCUT2D eigenvalue weighted by molar-refractivity contribution is 6.10. The molecule has 11 aromatic rings. The Morgan fingerprint density at radius 2 is 0.629 bits per heavy atom. The van der Waals surface area contributed by atoms with E-state index in [0.29, 0.717) is 0 Å². The van der Waals surface area contributed by atoms with Gasteiger partial charge in [-0.25, -0.2) is 0 Å². The predicted octanol–water partition coefficient (Wildman–Crippen LogP) is 15.8. The number of hydrogen-bond acceptors (Lipinski definition) is 0. The normalized spacial score (nSPS) is 14.4. The van der Waals surface area contributed by atoms with Gasteiger partial charge >= 0.3 is 0 Å². The summed E-state index contributed by atoms with van der Waals surface area (Å²) in [5, 5.41) is 5.12. The molecule has 0 fully saturated rings. The average molecular weight is 793 g/mol. The van der Waals surface area contributed by atoms with Gasteiger partial charge in [-0.3, -0.25) is 0 Å². The van der Waals surface area contributed by atoms with Gasteiger partial charge < -0.3 is 9.13 Å². The van der Waals surface area contributed by atoms with Gasteiger partial charge in [0.15, 0.2) is 0 Å². The molecular formula is C60H44N2. The van der Waals surface area contributed by atoms with Crippen LogP contribution in [0, 0.1) is 0 Å². The zero-order chi connectivity index (χ0) is 41.5. The van der Waals surface area contributed by atoms with E-state index in [4.69, 9.17) is 0 Å². The number of rotatable bonds is 4. The van der Waals surface area contributed by atoms with Gasteiger partial charge in [-0.05, 0) is 127 Å². The molecule has 2 aliphatic carbocycles. The fourth-order valence-corrected chi connectivity index (χ4v) is 11.6. The molecular weight excluding hydrogens is 749 g/mol. The van der Waals surface area contributed by atoms with Crippen LogP contribution in [0.5, 0.6) is 0 Å². The van der Waals surface area contributed by atoms with Crippen LogP contribution in [-0.2, 0) is 10.8 Å². The molecule has 0 radical (unpaired) electrons. The van der Waals surface area contributed by atoms with Gasteiger partial charge in [0.25, 0.3) is 0 Å². The van der Waals surface area contributed by atoms with Crippen LogP contribution >= 0.6 is 0 Å². The lowest BCUT2D eigenvalue weighted by molar-refractivity contribution is 0.652. The van der Waals surface area contributed by atoms with Crippen LogP contribution in [0.25, 0.3) is 99.5 Å². The second-order valence-electron chi connectivity index (χ2n) is 18.5. The van der Waals surface area contributed by atoms with Crippen molar-refractivity contribution in [3.05, 3.63) is 216 Å². The monoisotopic (exact) mass is 792 g/mol. The van der Waals surface area contributed by atoms with Crippen molar-refractivity contribution in [1.29, 1.82) is 0 Å². The number of hydrogen-bond donors (Lipinski definition) is 0. The summed E-state index contributed by atoms with van der Waals surface area (Å²) in [7, 11) is 0. The Morgan fingerprint density at radius 1 is 0.290 bits per heavy atom. The van der Waals surface area contributed by atoms with Crippen molar-refractivity contribution in [3.63, 3.8) is 0 Å². The molecule has 0 amide bonds. The Morgan fingerprint density at radius 3 is 1.00 bits per heavy atom. The van der Waals surface area contributed by atoms with Crippen LogP contribution in [0.15, 0.2) is 194 Å². The van der Waals surface area contributed by atoms with E-state index in [9.17, 15) is 0 Å². The zero-order valence-electron chi connectivity index (χ0n) is 35.4. The van der Waals surface area contributed by atoms with Crippen molar-refractivity contribution < 1.29 is 0 Å². The lowest BCUT2D eigenvalue weighted by Gasteiger charge is -2.24. The minimum Gasteiger partial charge on any atom is -0.309 e. The van der Waals surface area contributed by atoms with E-state index in [-0.39, 0.29) is 10.8 Å². The van der Waals surface area contributed by atoms with E-state index in [0.717, 1.165) is 0 Å². The second-order valence-corrected chi connectivity index (χ2v) is 18.5. The molecule has 0 atom stereocenters. The molecule has 62 heavy (non-hydrogen) atoms. The van der Waals surface area contributed by atoms with Crippen molar-refractivity contribution in [2.45, 2.75) is 38.5 Å². The van der Waals surface area contributed by atoms with Crippen molar-refractivity contribution in [2.24, 2.45) is 0 Å². The van der Waals surface area contributed by atoms with Gasteiger partial charge in [-0.2, -0.15) is 0 Å². The number of nitrogens with zero attached hydrogens (tertiary/aromatic N) is 2. The Balaban J connectivity index is 0.973. The van der Waals surface area contributed by atoms with Crippen LogP contribution in [0.4, 0.5) is 0 Å². The summed E-state index contributed by atoms with van der Waals surface area (Å²) in [6, 6.07) is 72.6. The van der Waals surface area contributed by atoms with E-state index >= 15 is 0 Å². The van der Waals surface area contributed by atoms with Gasteiger partial charge in [0.05, 0.1) is 22.1 Å². The highest BCUT2D eigenvalue weighted by atomic mass is 15.0. The zero-order valence-corrected chi connectivity index (χ0v) is 35.4. The lowest BCUT2D eigenvalue weighted by atomic mass is 9.79. The maximum atomic E-state index is 2.57. The summed E-state index contributed by atoms with van der Waals surface area (Å²) < 4.78 is 4.86. The van der Waals surface area contributed by atoms with Crippen LogP contribution in [-0.4, -0.2) is 9.13 Å². The molecule has 0 saturated heterocycles. The minimum atomic E-state index is -0.182. The molecule has 2 aliphatic rings. The third kappa shape index (κ3) is 4.70. The summed E-state index contributed by atoms with van der Waals surface area (Å²) in [5.74, 6) is 0. The van der Waals surface area contributed by atoms with Crippen molar-refractivity contribution in [1.82, 2.24) is 9.13 Å². The van der Waals surface area contributed by atoms with Crippen molar-refractivity contribution in [3.8, 4) is 55.9 Å². The van der Waals surface area contributed by atoms with E-state index in [1.54, 1.807) is 0 Å². The Hall–Kier alpha value is -7.42. The number of benzene rings is 9. The Kier molecular flexibility index (Phi) is 7.16.